The Bertz CT molecular complexity index is 1020. The molecule has 148 valence electrons. The maximum absolute atomic E-state index is 12.6. The summed E-state index contributed by atoms with van der Waals surface area (Å²) in [5.41, 5.74) is 4.20. The van der Waals surface area contributed by atoms with Gasteiger partial charge in [-0.25, -0.2) is 9.97 Å². The maximum Gasteiger partial charge on any atom is 0.255 e. The van der Waals surface area contributed by atoms with Crippen LogP contribution in [0.3, 0.4) is 0 Å². The first kappa shape index (κ1) is 19.5. The summed E-state index contributed by atoms with van der Waals surface area (Å²) in [4.78, 5) is 23.5. The molecule has 0 saturated carbocycles. The molecule has 4 rings (SSSR count). The van der Waals surface area contributed by atoms with Gasteiger partial charge in [-0.3, -0.25) is 4.79 Å². The van der Waals surface area contributed by atoms with Gasteiger partial charge in [0.1, 0.15) is 12.1 Å². The van der Waals surface area contributed by atoms with Crippen molar-refractivity contribution in [1.82, 2.24) is 9.97 Å². The third-order valence-corrected chi connectivity index (χ3v) is 5.74. The molecule has 2 heterocycles. The number of carbonyl (C=O) groups excluding carboxylic acids is 1. The lowest BCUT2D eigenvalue weighted by Crippen LogP contribution is -2.36. The molecule has 6 nitrogen and oxygen atoms in total. The summed E-state index contributed by atoms with van der Waals surface area (Å²) < 4.78 is 6.42. The second-order valence-electron chi connectivity index (χ2n) is 6.86. The Morgan fingerprint density at radius 2 is 1.83 bits per heavy atom. The zero-order valence-corrected chi connectivity index (χ0v) is 17.6. The van der Waals surface area contributed by atoms with Crippen molar-refractivity contribution in [1.29, 1.82) is 0 Å². The predicted octanol–water partition coefficient (Wildman–Crippen LogP) is 4.30. The van der Waals surface area contributed by atoms with Crippen molar-refractivity contribution in [3.63, 3.8) is 0 Å². The van der Waals surface area contributed by atoms with E-state index in [0.29, 0.717) is 18.8 Å². The van der Waals surface area contributed by atoms with E-state index in [9.17, 15) is 4.79 Å². The molecule has 3 aromatic rings. The molecule has 0 aliphatic carbocycles. The fraction of sp³-hybridized carbons (Fsp3) is 0.227. The molecule has 0 spiro atoms. The van der Waals surface area contributed by atoms with Crippen molar-refractivity contribution < 1.29 is 9.53 Å². The lowest BCUT2D eigenvalue weighted by molar-refractivity contribution is 0.102. The molecule has 2 aromatic carbocycles. The van der Waals surface area contributed by atoms with Crippen LogP contribution in [0.2, 0.25) is 0 Å². The minimum absolute atomic E-state index is 0.144. The number of hydrogen-bond acceptors (Lipinski definition) is 5. The van der Waals surface area contributed by atoms with Crippen LogP contribution >= 0.6 is 15.9 Å². The standard InChI is InChI=1S/C22H21BrN4O2/c1-15-12-18(6-7-19(15)23)26-22(28)17-4-2-16(3-5-17)20-13-21(25-14-24-20)27-8-10-29-11-9-27/h2-7,12-14H,8-11H2,1H3,(H,26,28). The van der Waals surface area contributed by atoms with E-state index in [1.165, 1.54) is 0 Å². The quantitative estimate of drug-likeness (QED) is 0.638. The molecule has 1 saturated heterocycles. The van der Waals surface area contributed by atoms with Gasteiger partial charge >= 0.3 is 0 Å². The molecule has 1 N–H and O–H groups in total. The minimum atomic E-state index is -0.144. The van der Waals surface area contributed by atoms with Gasteiger partial charge in [0.25, 0.3) is 5.91 Å². The van der Waals surface area contributed by atoms with Crippen molar-refractivity contribution >= 4 is 33.3 Å². The van der Waals surface area contributed by atoms with E-state index in [4.69, 9.17) is 4.74 Å². The predicted molar refractivity (Wildman–Crippen MR) is 117 cm³/mol. The SMILES string of the molecule is Cc1cc(NC(=O)c2ccc(-c3cc(N4CCOCC4)ncn3)cc2)ccc1Br. The Morgan fingerprint density at radius 1 is 1.07 bits per heavy atom. The van der Waals surface area contributed by atoms with Crippen molar-refractivity contribution in [3.8, 4) is 11.3 Å². The number of rotatable bonds is 4. The van der Waals surface area contributed by atoms with Gasteiger partial charge in [-0.1, -0.05) is 28.1 Å². The molecule has 1 aliphatic rings. The van der Waals surface area contributed by atoms with Crippen LogP contribution in [0.4, 0.5) is 11.5 Å². The molecule has 1 amide bonds. The second-order valence-corrected chi connectivity index (χ2v) is 7.71. The van der Waals surface area contributed by atoms with E-state index in [0.717, 1.165) is 45.9 Å². The zero-order chi connectivity index (χ0) is 20.2. The first-order valence-electron chi connectivity index (χ1n) is 9.43. The number of ether oxygens (including phenoxy) is 1. The third-order valence-electron chi connectivity index (χ3n) is 4.85. The van der Waals surface area contributed by atoms with Crippen molar-refractivity contribution in [2.75, 3.05) is 36.5 Å². The average molecular weight is 453 g/mol. The highest BCUT2D eigenvalue weighted by Crippen LogP contribution is 2.23. The zero-order valence-electron chi connectivity index (χ0n) is 16.1. The number of amides is 1. The molecule has 7 heteroatoms. The lowest BCUT2D eigenvalue weighted by atomic mass is 10.1. The topological polar surface area (TPSA) is 67.4 Å². The van der Waals surface area contributed by atoms with Crippen LogP contribution in [0.5, 0.6) is 0 Å². The highest BCUT2D eigenvalue weighted by atomic mass is 79.9. The number of nitrogens with one attached hydrogen (secondary N) is 1. The Hall–Kier alpha value is -2.77. The summed E-state index contributed by atoms with van der Waals surface area (Å²) >= 11 is 3.47. The molecule has 0 bridgehead atoms. The van der Waals surface area contributed by atoms with Crippen LogP contribution in [0.15, 0.2) is 59.3 Å². The summed E-state index contributed by atoms with van der Waals surface area (Å²) in [6.07, 6.45) is 1.58. The summed E-state index contributed by atoms with van der Waals surface area (Å²) in [7, 11) is 0. The van der Waals surface area contributed by atoms with E-state index in [2.05, 4.69) is 36.1 Å². The smallest absolute Gasteiger partial charge is 0.255 e. The highest BCUT2D eigenvalue weighted by Gasteiger charge is 2.14. The monoisotopic (exact) mass is 452 g/mol. The van der Waals surface area contributed by atoms with E-state index < -0.39 is 0 Å². The molecular weight excluding hydrogens is 432 g/mol. The van der Waals surface area contributed by atoms with Crippen LogP contribution in [0.1, 0.15) is 15.9 Å². The first-order chi connectivity index (χ1) is 14.1. The van der Waals surface area contributed by atoms with Gasteiger partial charge in [-0.15, -0.1) is 0 Å². The maximum atomic E-state index is 12.6. The van der Waals surface area contributed by atoms with Crippen molar-refractivity contribution in [2.24, 2.45) is 0 Å². The Balaban J connectivity index is 1.48. The van der Waals surface area contributed by atoms with Gasteiger partial charge in [0.2, 0.25) is 0 Å². The van der Waals surface area contributed by atoms with Crippen molar-refractivity contribution in [2.45, 2.75) is 6.92 Å². The minimum Gasteiger partial charge on any atom is -0.378 e. The van der Waals surface area contributed by atoms with Gasteiger partial charge in [0.15, 0.2) is 0 Å². The molecule has 0 radical (unpaired) electrons. The van der Waals surface area contributed by atoms with Crippen LogP contribution in [-0.4, -0.2) is 42.2 Å². The summed E-state index contributed by atoms with van der Waals surface area (Å²) in [5, 5.41) is 2.93. The van der Waals surface area contributed by atoms with Crippen LogP contribution < -0.4 is 10.2 Å². The van der Waals surface area contributed by atoms with Gasteiger partial charge in [-0.2, -0.15) is 0 Å². The molecule has 1 aliphatic heterocycles. The largest absolute Gasteiger partial charge is 0.378 e. The number of morpholine rings is 1. The van der Waals surface area contributed by atoms with E-state index in [1.807, 2.05) is 55.5 Å². The van der Waals surface area contributed by atoms with Gasteiger partial charge in [0, 0.05) is 40.4 Å². The molecular formula is C22H21BrN4O2. The van der Waals surface area contributed by atoms with E-state index >= 15 is 0 Å². The number of aryl methyl sites for hydroxylation is 1. The Labute approximate surface area is 178 Å². The van der Waals surface area contributed by atoms with Gasteiger partial charge < -0.3 is 15.0 Å². The number of anilines is 2. The molecule has 29 heavy (non-hydrogen) atoms. The lowest BCUT2D eigenvalue weighted by Gasteiger charge is -2.27. The number of nitrogens with zero attached hydrogens (tertiary/aromatic N) is 3. The second kappa shape index (κ2) is 8.71. The number of aromatic nitrogens is 2. The number of carbonyl (C=O) groups is 1. The van der Waals surface area contributed by atoms with Crippen LogP contribution in [0.25, 0.3) is 11.3 Å². The van der Waals surface area contributed by atoms with E-state index in [1.54, 1.807) is 6.33 Å². The van der Waals surface area contributed by atoms with Gasteiger partial charge in [-0.05, 0) is 42.8 Å². The van der Waals surface area contributed by atoms with Crippen molar-refractivity contribution in [3.05, 3.63) is 70.5 Å². The normalized spacial score (nSPS) is 13.9. The molecule has 1 aromatic heterocycles. The fourth-order valence-electron chi connectivity index (χ4n) is 3.19. The highest BCUT2D eigenvalue weighted by molar-refractivity contribution is 9.10. The molecule has 0 unspecified atom stereocenters. The number of benzene rings is 2. The first-order valence-corrected chi connectivity index (χ1v) is 10.2. The van der Waals surface area contributed by atoms with E-state index in [-0.39, 0.29) is 5.91 Å². The van der Waals surface area contributed by atoms with Gasteiger partial charge in [0.05, 0.1) is 18.9 Å². The Kier molecular flexibility index (Phi) is 5.87. The number of hydrogen-bond donors (Lipinski definition) is 1. The third kappa shape index (κ3) is 4.63. The summed E-state index contributed by atoms with van der Waals surface area (Å²) in [6.45, 7) is 5.06. The summed E-state index contributed by atoms with van der Waals surface area (Å²) in [5.74, 6) is 0.751. The molecule has 0 atom stereocenters. The number of halogens is 1. The summed E-state index contributed by atoms with van der Waals surface area (Å²) in [6, 6.07) is 15.2. The Morgan fingerprint density at radius 3 is 2.55 bits per heavy atom. The average Bonchev–Trinajstić information content (AvgIpc) is 2.77. The molecule has 1 fully saturated rings. The van der Waals surface area contributed by atoms with Crippen LogP contribution in [-0.2, 0) is 4.74 Å². The fourth-order valence-corrected chi connectivity index (χ4v) is 3.44. The van der Waals surface area contributed by atoms with Crippen LogP contribution in [0, 0.1) is 6.92 Å².